The number of rotatable bonds is 1. The molecule has 0 unspecified atom stereocenters. The van der Waals surface area contributed by atoms with Gasteiger partial charge in [-0.3, -0.25) is 9.36 Å². The molecule has 0 atom stereocenters. The van der Waals surface area contributed by atoms with E-state index in [-0.39, 0.29) is 5.56 Å². The van der Waals surface area contributed by atoms with E-state index in [1.807, 2.05) is 22.8 Å². The van der Waals surface area contributed by atoms with Crippen LogP contribution in [0.5, 0.6) is 0 Å². The van der Waals surface area contributed by atoms with Crippen molar-refractivity contribution in [3.8, 4) is 5.69 Å². The molecule has 2 aliphatic heterocycles. The number of nitrogens with one attached hydrogen (secondary N) is 1. The summed E-state index contributed by atoms with van der Waals surface area (Å²) in [5, 5.41) is 15.4. The summed E-state index contributed by atoms with van der Waals surface area (Å²) in [6.07, 6.45) is 1.36. The SMILES string of the molecule is CC1(C)c2ccc(C3(O)CCNCC3)cc2-n2c1nc(=O)c1c(Cl)cccc12. The van der Waals surface area contributed by atoms with Gasteiger partial charge in [0.25, 0.3) is 5.56 Å². The summed E-state index contributed by atoms with van der Waals surface area (Å²) in [4.78, 5) is 17.1. The molecule has 144 valence electrons. The molecule has 2 N–H and O–H groups in total. The van der Waals surface area contributed by atoms with Crippen molar-refractivity contribution in [1.82, 2.24) is 14.9 Å². The number of hydrogen-bond donors (Lipinski definition) is 2. The molecule has 5 nitrogen and oxygen atoms in total. The van der Waals surface area contributed by atoms with E-state index in [9.17, 15) is 9.90 Å². The second-order valence-corrected chi connectivity index (χ2v) is 8.76. The highest BCUT2D eigenvalue weighted by Gasteiger charge is 2.40. The fourth-order valence-electron chi connectivity index (χ4n) is 4.67. The fourth-order valence-corrected chi connectivity index (χ4v) is 4.92. The van der Waals surface area contributed by atoms with Crippen LogP contribution in [0.3, 0.4) is 0 Å². The van der Waals surface area contributed by atoms with Crippen LogP contribution in [0.25, 0.3) is 16.6 Å². The Morgan fingerprint density at radius 1 is 1.18 bits per heavy atom. The lowest BCUT2D eigenvalue weighted by Gasteiger charge is -2.33. The first-order valence-corrected chi connectivity index (χ1v) is 10.0. The van der Waals surface area contributed by atoms with Crippen molar-refractivity contribution >= 4 is 22.5 Å². The van der Waals surface area contributed by atoms with Crippen LogP contribution in [0.4, 0.5) is 0 Å². The quantitative estimate of drug-likeness (QED) is 0.663. The molecule has 1 saturated heterocycles. The number of hydrogen-bond acceptors (Lipinski definition) is 4. The number of aromatic nitrogens is 2. The third-order valence-electron chi connectivity index (χ3n) is 6.30. The van der Waals surface area contributed by atoms with Crippen molar-refractivity contribution in [1.29, 1.82) is 0 Å². The number of aliphatic hydroxyl groups is 1. The predicted octanol–water partition coefficient (Wildman–Crippen LogP) is 3.25. The zero-order chi connectivity index (χ0) is 19.7. The van der Waals surface area contributed by atoms with Crippen LogP contribution in [0.15, 0.2) is 41.2 Å². The van der Waals surface area contributed by atoms with E-state index < -0.39 is 11.0 Å². The minimum Gasteiger partial charge on any atom is -0.385 e. The average molecular weight is 396 g/mol. The molecule has 5 rings (SSSR count). The van der Waals surface area contributed by atoms with E-state index >= 15 is 0 Å². The Hall–Kier alpha value is -2.21. The molecule has 0 radical (unpaired) electrons. The first kappa shape index (κ1) is 17.9. The summed E-state index contributed by atoms with van der Waals surface area (Å²) >= 11 is 6.34. The highest BCUT2D eigenvalue weighted by atomic mass is 35.5. The Morgan fingerprint density at radius 2 is 1.93 bits per heavy atom. The summed E-state index contributed by atoms with van der Waals surface area (Å²) in [5.74, 6) is 0.705. The van der Waals surface area contributed by atoms with Gasteiger partial charge in [-0.1, -0.05) is 29.8 Å². The Labute approximate surface area is 168 Å². The largest absolute Gasteiger partial charge is 0.385 e. The second-order valence-electron chi connectivity index (χ2n) is 8.35. The van der Waals surface area contributed by atoms with Crippen LogP contribution in [0, 0.1) is 0 Å². The van der Waals surface area contributed by atoms with Crippen molar-refractivity contribution < 1.29 is 5.11 Å². The smallest absolute Gasteiger partial charge is 0.282 e. The summed E-state index contributed by atoms with van der Waals surface area (Å²) in [6.45, 7) is 5.74. The van der Waals surface area contributed by atoms with Gasteiger partial charge >= 0.3 is 0 Å². The number of piperidine rings is 1. The van der Waals surface area contributed by atoms with Crippen LogP contribution < -0.4 is 10.9 Å². The molecular weight excluding hydrogens is 374 g/mol. The highest BCUT2D eigenvalue weighted by Crippen LogP contribution is 2.45. The number of nitrogens with zero attached hydrogens (tertiary/aromatic N) is 2. The lowest BCUT2D eigenvalue weighted by Crippen LogP contribution is -2.39. The minimum atomic E-state index is -0.840. The molecular formula is C22H22ClN3O2. The molecule has 0 aliphatic carbocycles. The Morgan fingerprint density at radius 3 is 2.68 bits per heavy atom. The van der Waals surface area contributed by atoms with Crippen molar-refractivity contribution in [2.45, 2.75) is 37.7 Å². The van der Waals surface area contributed by atoms with Gasteiger partial charge in [0.2, 0.25) is 0 Å². The third-order valence-corrected chi connectivity index (χ3v) is 6.62. The van der Waals surface area contributed by atoms with Crippen LogP contribution in [0.1, 0.15) is 43.6 Å². The van der Waals surface area contributed by atoms with E-state index in [2.05, 4.69) is 36.3 Å². The molecule has 1 fully saturated rings. The van der Waals surface area contributed by atoms with Crippen molar-refractivity contribution in [2.24, 2.45) is 0 Å². The predicted molar refractivity (Wildman–Crippen MR) is 110 cm³/mol. The van der Waals surface area contributed by atoms with Gasteiger partial charge in [0, 0.05) is 0 Å². The number of fused-ring (bicyclic) bond motifs is 5. The lowest BCUT2D eigenvalue weighted by molar-refractivity contribution is 0.00593. The van der Waals surface area contributed by atoms with Gasteiger partial charge in [-0.05, 0) is 69.1 Å². The van der Waals surface area contributed by atoms with E-state index in [0.29, 0.717) is 29.1 Å². The van der Waals surface area contributed by atoms with Crippen molar-refractivity contribution in [2.75, 3.05) is 13.1 Å². The average Bonchev–Trinajstić information content (AvgIpc) is 2.89. The van der Waals surface area contributed by atoms with Crippen molar-refractivity contribution in [3.63, 3.8) is 0 Å². The van der Waals surface area contributed by atoms with Gasteiger partial charge in [-0.2, -0.15) is 4.98 Å². The van der Waals surface area contributed by atoms with Gasteiger partial charge < -0.3 is 10.4 Å². The second kappa shape index (κ2) is 5.89. The zero-order valence-electron chi connectivity index (χ0n) is 15.9. The molecule has 6 heteroatoms. The fraction of sp³-hybridized carbons (Fsp3) is 0.364. The van der Waals surface area contributed by atoms with Crippen LogP contribution in [-0.2, 0) is 11.0 Å². The van der Waals surface area contributed by atoms with E-state index in [0.717, 1.165) is 35.4 Å². The van der Waals surface area contributed by atoms with Crippen molar-refractivity contribution in [3.05, 3.63) is 68.7 Å². The van der Waals surface area contributed by atoms with Gasteiger partial charge in [-0.25, -0.2) is 0 Å². The molecule has 0 amide bonds. The molecule has 0 saturated carbocycles. The summed E-state index contributed by atoms with van der Waals surface area (Å²) in [6, 6.07) is 11.6. The van der Waals surface area contributed by atoms with Gasteiger partial charge in [-0.15, -0.1) is 0 Å². The monoisotopic (exact) mass is 395 g/mol. The van der Waals surface area contributed by atoms with Crippen LogP contribution >= 0.6 is 11.6 Å². The summed E-state index contributed by atoms with van der Waals surface area (Å²) in [7, 11) is 0. The lowest BCUT2D eigenvalue weighted by atomic mass is 9.81. The molecule has 3 aromatic rings. The Kier molecular flexibility index (Phi) is 3.76. The van der Waals surface area contributed by atoms with Gasteiger partial charge in [0.1, 0.15) is 5.82 Å². The minimum absolute atomic E-state index is 0.301. The summed E-state index contributed by atoms with van der Waals surface area (Å²) in [5.41, 5.74) is 2.16. The molecule has 28 heavy (non-hydrogen) atoms. The molecule has 0 bridgehead atoms. The Balaban J connectivity index is 1.83. The first-order valence-electron chi connectivity index (χ1n) is 9.63. The van der Waals surface area contributed by atoms with Gasteiger partial charge in [0.05, 0.1) is 32.6 Å². The van der Waals surface area contributed by atoms with E-state index in [1.165, 1.54) is 0 Å². The van der Waals surface area contributed by atoms with Crippen LogP contribution in [0.2, 0.25) is 5.02 Å². The first-order chi connectivity index (χ1) is 13.3. The zero-order valence-corrected chi connectivity index (χ0v) is 16.7. The maximum Gasteiger partial charge on any atom is 0.282 e. The topological polar surface area (TPSA) is 67.2 Å². The third kappa shape index (κ3) is 2.33. The van der Waals surface area contributed by atoms with E-state index in [1.54, 1.807) is 6.07 Å². The molecule has 0 spiro atoms. The Bertz CT molecular complexity index is 1180. The normalized spacial score (nSPS) is 19.4. The molecule has 2 aliphatic rings. The molecule has 2 aromatic carbocycles. The van der Waals surface area contributed by atoms with E-state index in [4.69, 9.17) is 11.6 Å². The maximum absolute atomic E-state index is 12.7. The highest BCUT2D eigenvalue weighted by molar-refractivity contribution is 6.35. The molecule has 3 heterocycles. The van der Waals surface area contributed by atoms with Crippen LogP contribution in [-0.4, -0.2) is 27.7 Å². The number of benzene rings is 2. The maximum atomic E-state index is 12.7. The molecule has 1 aromatic heterocycles. The standard InChI is InChI=1S/C22H22ClN3O2/c1-21(2)14-7-6-13(22(28)8-10-24-11-9-22)12-17(14)26-16-5-3-4-15(23)18(16)19(27)25-20(21)26/h3-7,12,24,28H,8-11H2,1-2H3. The van der Waals surface area contributed by atoms with Gasteiger partial charge in [0.15, 0.2) is 0 Å². The number of halogens is 1. The summed E-state index contributed by atoms with van der Waals surface area (Å²) < 4.78 is 2.03.